The number of ether oxygens (including phenoxy) is 1. The number of hydrogen-bond acceptors (Lipinski definition) is 2. The lowest BCUT2D eigenvalue weighted by Crippen LogP contribution is -2.91. The number of aliphatic hydroxyl groups excluding tert-OH is 1. The molecule has 0 aromatic rings. The van der Waals surface area contributed by atoms with Gasteiger partial charge >= 0.3 is 0 Å². The van der Waals surface area contributed by atoms with Gasteiger partial charge in [0, 0.05) is 0 Å². The largest absolute Gasteiger partial charge is 0.393 e. The first-order chi connectivity index (χ1) is 4.33. The van der Waals surface area contributed by atoms with Crippen molar-refractivity contribution in [2.45, 2.75) is 12.1 Å². The lowest BCUT2D eigenvalue weighted by Gasteiger charge is -2.24. The zero-order chi connectivity index (χ0) is 6.69. The zero-order valence-electron chi connectivity index (χ0n) is 5.29. The summed E-state index contributed by atoms with van der Waals surface area (Å²) in [4.78, 5) is 0. The molecule has 0 aromatic carbocycles. The predicted molar refractivity (Wildman–Crippen MR) is 33.2 cm³/mol. The molecule has 3 N–H and O–H groups in total. The van der Waals surface area contributed by atoms with Gasteiger partial charge < -0.3 is 15.2 Å². The van der Waals surface area contributed by atoms with E-state index >= 15 is 0 Å². The molecule has 1 aliphatic heterocycles. The van der Waals surface area contributed by atoms with Gasteiger partial charge in [-0.3, -0.25) is 0 Å². The Morgan fingerprint density at radius 2 is 2.44 bits per heavy atom. The summed E-state index contributed by atoms with van der Waals surface area (Å²) in [5.74, 6) is 0. The molecule has 4 heteroatoms. The summed E-state index contributed by atoms with van der Waals surface area (Å²) < 4.78 is 5.13. The summed E-state index contributed by atoms with van der Waals surface area (Å²) in [7, 11) is 5.44. The molecule has 0 aliphatic carbocycles. The Kier molecular flexibility index (Phi) is 2.51. The van der Waals surface area contributed by atoms with E-state index in [2.05, 4.69) is 5.32 Å². The standard InChI is InChI=1S/C5H10BNO2/c6-5-2-7-1-4(3-8)9-5/h4-5,7-8H,1-3H2/p+1/t4-,5+/m0/s1. The van der Waals surface area contributed by atoms with Crippen LogP contribution in [0.3, 0.4) is 0 Å². The second-order valence-corrected chi connectivity index (χ2v) is 2.24. The lowest BCUT2D eigenvalue weighted by molar-refractivity contribution is -0.680. The summed E-state index contributed by atoms with van der Waals surface area (Å²) in [5, 5.41) is 10.7. The van der Waals surface area contributed by atoms with Gasteiger partial charge in [0.25, 0.3) is 0 Å². The first kappa shape index (κ1) is 7.06. The van der Waals surface area contributed by atoms with Crippen molar-refractivity contribution < 1.29 is 15.2 Å². The Balaban J connectivity index is 2.23. The topological polar surface area (TPSA) is 46.1 Å². The summed E-state index contributed by atoms with van der Waals surface area (Å²) in [6.45, 7) is 1.70. The summed E-state index contributed by atoms with van der Waals surface area (Å²) in [5.41, 5.74) is 0. The smallest absolute Gasteiger partial charge is 0.129 e. The maximum absolute atomic E-state index is 8.61. The van der Waals surface area contributed by atoms with E-state index < -0.39 is 0 Å². The van der Waals surface area contributed by atoms with E-state index in [1.54, 1.807) is 0 Å². The quantitative estimate of drug-likeness (QED) is 0.381. The van der Waals surface area contributed by atoms with E-state index in [9.17, 15) is 0 Å². The third-order valence-corrected chi connectivity index (χ3v) is 1.40. The van der Waals surface area contributed by atoms with Gasteiger partial charge in [0.15, 0.2) is 0 Å². The van der Waals surface area contributed by atoms with E-state index in [-0.39, 0.29) is 18.7 Å². The van der Waals surface area contributed by atoms with Crippen LogP contribution in [-0.4, -0.2) is 44.8 Å². The van der Waals surface area contributed by atoms with Crippen molar-refractivity contribution in [3.05, 3.63) is 0 Å². The highest BCUT2D eigenvalue weighted by molar-refractivity contribution is 6.11. The molecule has 1 heterocycles. The van der Waals surface area contributed by atoms with Crippen LogP contribution in [0, 0.1) is 0 Å². The van der Waals surface area contributed by atoms with E-state index in [1.165, 1.54) is 0 Å². The monoisotopic (exact) mass is 128 g/mol. The molecule has 9 heavy (non-hydrogen) atoms. The Bertz CT molecular complexity index is 91.0. The van der Waals surface area contributed by atoms with Gasteiger partial charge in [-0.2, -0.15) is 0 Å². The average Bonchev–Trinajstić information content (AvgIpc) is 1.88. The van der Waals surface area contributed by atoms with Crippen molar-refractivity contribution in [1.29, 1.82) is 0 Å². The first-order valence-electron chi connectivity index (χ1n) is 3.16. The number of morpholine rings is 1. The minimum Gasteiger partial charge on any atom is -0.393 e. The van der Waals surface area contributed by atoms with Crippen molar-refractivity contribution >= 4 is 7.85 Å². The normalized spacial score (nSPS) is 36.6. The van der Waals surface area contributed by atoms with E-state index in [4.69, 9.17) is 17.7 Å². The second-order valence-electron chi connectivity index (χ2n) is 2.24. The maximum atomic E-state index is 8.61. The predicted octanol–water partition coefficient (Wildman–Crippen LogP) is -2.56. The molecule has 2 atom stereocenters. The van der Waals surface area contributed by atoms with Crippen LogP contribution in [0.15, 0.2) is 0 Å². The molecular formula is C5H11BNO2+. The van der Waals surface area contributed by atoms with E-state index in [1.807, 2.05) is 0 Å². The summed E-state index contributed by atoms with van der Waals surface area (Å²) in [6, 6.07) is -0.198. The van der Waals surface area contributed by atoms with Crippen LogP contribution in [0.5, 0.6) is 0 Å². The van der Waals surface area contributed by atoms with Crippen molar-refractivity contribution in [3.63, 3.8) is 0 Å². The number of aliphatic hydroxyl groups is 1. The Morgan fingerprint density at radius 1 is 1.67 bits per heavy atom. The van der Waals surface area contributed by atoms with Crippen molar-refractivity contribution in [2.24, 2.45) is 0 Å². The highest BCUT2D eigenvalue weighted by Gasteiger charge is 2.19. The molecule has 1 saturated heterocycles. The number of quaternary nitrogens is 1. The van der Waals surface area contributed by atoms with Gasteiger partial charge in [-0.15, -0.1) is 0 Å². The lowest BCUT2D eigenvalue weighted by atomic mass is 9.98. The van der Waals surface area contributed by atoms with Crippen LogP contribution in [0.2, 0.25) is 0 Å². The third kappa shape index (κ3) is 1.97. The Hall–Kier alpha value is -0.0551. The minimum atomic E-state index is -0.198. The van der Waals surface area contributed by atoms with Gasteiger partial charge in [0.1, 0.15) is 20.5 Å². The van der Waals surface area contributed by atoms with Crippen LogP contribution in [0.25, 0.3) is 0 Å². The fourth-order valence-corrected chi connectivity index (χ4v) is 0.922. The van der Waals surface area contributed by atoms with Crippen molar-refractivity contribution in [1.82, 2.24) is 0 Å². The van der Waals surface area contributed by atoms with Crippen LogP contribution in [0.4, 0.5) is 0 Å². The maximum Gasteiger partial charge on any atom is 0.129 e. The van der Waals surface area contributed by atoms with Crippen LogP contribution >= 0.6 is 0 Å². The van der Waals surface area contributed by atoms with Gasteiger partial charge in [0.05, 0.1) is 19.2 Å². The van der Waals surface area contributed by atoms with Crippen LogP contribution < -0.4 is 5.32 Å². The molecule has 0 aromatic heterocycles. The fourth-order valence-electron chi connectivity index (χ4n) is 0.922. The fraction of sp³-hybridized carbons (Fsp3) is 1.00. The average molecular weight is 128 g/mol. The molecule has 1 rings (SSSR count). The number of rotatable bonds is 1. The number of hydrogen-bond donors (Lipinski definition) is 2. The molecule has 50 valence electrons. The molecule has 1 fully saturated rings. The molecule has 3 nitrogen and oxygen atoms in total. The van der Waals surface area contributed by atoms with Gasteiger partial charge in [-0.25, -0.2) is 0 Å². The van der Waals surface area contributed by atoms with Gasteiger partial charge in [-0.05, 0) is 0 Å². The van der Waals surface area contributed by atoms with Crippen LogP contribution in [0.1, 0.15) is 0 Å². The molecule has 1 aliphatic rings. The molecule has 0 unspecified atom stereocenters. The van der Waals surface area contributed by atoms with E-state index in [0.717, 1.165) is 13.1 Å². The molecule has 2 radical (unpaired) electrons. The van der Waals surface area contributed by atoms with Gasteiger partial charge in [0.2, 0.25) is 0 Å². The SMILES string of the molecule is [B][C@H]1C[NH2+]C[C@@H](CO)O1. The molecule has 0 saturated carbocycles. The van der Waals surface area contributed by atoms with Crippen molar-refractivity contribution in [2.75, 3.05) is 19.7 Å². The zero-order valence-corrected chi connectivity index (χ0v) is 5.29. The molecule has 0 amide bonds. The molecule has 0 spiro atoms. The highest BCUT2D eigenvalue weighted by Crippen LogP contribution is 1.94. The molecular weight excluding hydrogens is 117 g/mol. The van der Waals surface area contributed by atoms with Crippen LogP contribution in [-0.2, 0) is 4.74 Å². The second kappa shape index (κ2) is 3.20. The molecule has 0 bridgehead atoms. The summed E-state index contributed by atoms with van der Waals surface area (Å²) >= 11 is 0. The number of nitrogens with two attached hydrogens (primary N) is 1. The van der Waals surface area contributed by atoms with Crippen molar-refractivity contribution in [3.8, 4) is 0 Å². The third-order valence-electron chi connectivity index (χ3n) is 1.40. The Labute approximate surface area is 55.8 Å². The Morgan fingerprint density at radius 3 is 2.89 bits per heavy atom. The van der Waals surface area contributed by atoms with E-state index in [0.29, 0.717) is 0 Å². The van der Waals surface area contributed by atoms with Gasteiger partial charge in [-0.1, -0.05) is 0 Å². The highest BCUT2D eigenvalue weighted by atomic mass is 16.5. The minimum absolute atomic E-state index is 0.0613. The first-order valence-corrected chi connectivity index (χ1v) is 3.16. The summed E-state index contributed by atoms with van der Waals surface area (Å²) in [6.07, 6.45) is -0.0613.